The number of rotatable bonds is 8. The number of hydrogen-bond donors (Lipinski definition) is 1. The molecule has 0 saturated carbocycles. The number of alkyl halides is 3. The van der Waals surface area contributed by atoms with Gasteiger partial charge in [-0.1, -0.05) is 25.1 Å². The molecule has 5 nitrogen and oxygen atoms in total. The van der Waals surface area contributed by atoms with E-state index in [2.05, 4.69) is 10.1 Å². The Morgan fingerprint density at radius 3 is 2.62 bits per heavy atom. The standard InChI is InChI=1S/C21H25F3N4O/c1-3-12-27(13-6-8-16-7-4-5-9-17(16)21(22,23)24)20(29)18-14-28-19(25-18)11-10-15(2)26-28/h4-5,7,9-11,14,20,29H,3,6,8,12-13H2,1-2H3. The van der Waals surface area contributed by atoms with Crippen LogP contribution < -0.4 is 0 Å². The summed E-state index contributed by atoms with van der Waals surface area (Å²) in [6, 6.07) is 9.32. The fourth-order valence-electron chi connectivity index (χ4n) is 3.44. The van der Waals surface area contributed by atoms with E-state index in [0.717, 1.165) is 18.2 Å². The highest BCUT2D eigenvalue weighted by atomic mass is 19.4. The van der Waals surface area contributed by atoms with Crippen LogP contribution in [-0.2, 0) is 12.6 Å². The molecule has 0 spiro atoms. The van der Waals surface area contributed by atoms with Crippen molar-refractivity contribution in [1.29, 1.82) is 0 Å². The second kappa shape index (κ2) is 8.92. The maximum Gasteiger partial charge on any atom is 0.416 e. The molecule has 2 heterocycles. The number of aliphatic hydroxyl groups is 1. The molecule has 3 aromatic rings. The number of nitrogens with zero attached hydrogens (tertiary/aromatic N) is 4. The number of imidazole rings is 1. The highest BCUT2D eigenvalue weighted by molar-refractivity contribution is 5.38. The molecule has 0 saturated heterocycles. The van der Waals surface area contributed by atoms with Gasteiger partial charge in [0.05, 0.1) is 17.5 Å². The summed E-state index contributed by atoms with van der Waals surface area (Å²) < 4.78 is 41.1. The molecule has 0 radical (unpaired) electrons. The Bertz CT molecular complexity index is 954. The van der Waals surface area contributed by atoms with Crippen molar-refractivity contribution in [1.82, 2.24) is 19.5 Å². The van der Waals surface area contributed by atoms with E-state index in [4.69, 9.17) is 0 Å². The Balaban J connectivity index is 1.70. The average Bonchev–Trinajstić information content (AvgIpc) is 3.09. The van der Waals surface area contributed by atoms with Crippen LogP contribution in [0, 0.1) is 6.92 Å². The monoisotopic (exact) mass is 406 g/mol. The zero-order valence-corrected chi connectivity index (χ0v) is 16.5. The van der Waals surface area contributed by atoms with Crippen LogP contribution >= 0.6 is 0 Å². The zero-order valence-electron chi connectivity index (χ0n) is 16.5. The van der Waals surface area contributed by atoms with Crippen molar-refractivity contribution in [3.05, 3.63) is 65.1 Å². The smallest absolute Gasteiger partial charge is 0.372 e. The maximum atomic E-state index is 13.2. The third kappa shape index (κ3) is 5.13. The van der Waals surface area contributed by atoms with Crippen molar-refractivity contribution in [3.63, 3.8) is 0 Å². The lowest BCUT2D eigenvalue weighted by Crippen LogP contribution is -2.31. The largest absolute Gasteiger partial charge is 0.416 e. The molecule has 3 rings (SSSR count). The van der Waals surface area contributed by atoms with E-state index in [1.165, 1.54) is 12.1 Å². The molecular formula is C21H25F3N4O. The maximum absolute atomic E-state index is 13.2. The molecular weight excluding hydrogens is 381 g/mol. The van der Waals surface area contributed by atoms with Crippen LogP contribution in [0.1, 0.15) is 48.5 Å². The van der Waals surface area contributed by atoms with Crippen LogP contribution in [0.5, 0.6) is 0 Å². The van der Waals surface area contributed by atoms with Gasteiger partial charge in [-0.2, -0.15) is 18.3 Å². The van der Waals surface area contributed by atoms with Gasteiger partial charge in [-0.3, -0.25) is 4.90 Å². The molecule has 0 aliphatic carbocycles. The van der Waals surface area contributed by atoms with E-state index in [-0.39, 0.29) is 12.0 Å². The molecule has 0 amide bonds. The van der Waals surface area contributed by atoms with Gasteiger partial charge in [0.1, 0.15) is 5.69 Å². The topological polar surface area (TPSA) is 53.7 Å². The number of aryl methyl sites for hydroxylation is 2. The number of halogens is 3. The first-order valence-corrected chi connectivity index (χ1v) is 9.69. The lowest BCUT2D eigenvalue weighted by molar-refractivity contribution is -0.138. The highest BCUT2D eigenvalue weighted by Crippen LogP contribution is 2.32. The summed E-state index contributed by atoms with van der Waals surface area (Å²) in [6.07, 6.45) is -2.02. The molecule has 0 aliphatic rings. The molecule has 8 heteroatoms. The molecule has 29 heavy (non-hydrogen) atoms. The van der Waals surface area contributed by atoms with Gasteiger partial charge in [0, 0.05) is 13.1 Å². The van der Waals surface area contributed by atoms with Gasteiger partial charge in [0.2, 0.25) is 0 Å². The molecule has 1 atom stereocenters. The minimum atomic E-state index is -4.36. The fourth-order valence-corrected chi connectivity index (χ4v) is 3.44. The molecule has 0 fully saturated rings. The summed E-state index contributed by atoms with van der Waals surface area (Å²) in [4.78, 5) is 6.27. The zero-order chi connectivity index (χ0) is 21.0. The first-order chi connectivity index (χ1) is 13.8. The summed E-state index contributed by atoms with van der Waals surface area (Å²) in [5, 5.41) is 15.1. The van der Waals surface area contributed by atoms with Crippen LogP contribution in [-0.4, -0.2) is 37.7 Å². The lowest BCUT2D eigenvalue weighted by Gasteiger charge is -2.26. The van der Waals surface area contributed by atoms with Crippen LogP contribution in [0.4, 0.5) is 13.2 Å². The van der Waals surface area contributed by atoms with Gasteiger partial charge in [-0.25, -0.2) is 9.50 Å². The van der Waals surface area contributed by atoms with Crippen LogP contribution in [0.15, 0.2) is 42.6 Å². The lowest BCUT2D eigenvalue weighted by atomic mass is 10.0. The number of hydrogen-bond acceptors (Lipinski definition) is 4. The fraction of sp³-hybridized carbons (Fsp3) is 0.429. The van der Waals surface area contributed by atoms with Crippen LogP contribution in [0.25, 0.3) is 5.65 Å². The number of aliphatic hydroxyl groups excluding tert-OH is 1. The minimum absolute atomic E-state index is 0.276. The van der Waals surface area contributed by atoms with E-state index >= 15 is 0 Å². The van der Waals surface area contributed by atoms with E-state index in [1.807, 2.05) is 30.9 Å². The van der Waals surface area contributed by atoms with Crippen LogP contribution in [0.2, 0.25) is 0 Å². The van der Waals surface area contributed by atoms with Crippen molar-refractivity contribution in [2.45, 2.75) is 45.5 Å². The van der Waals surface area contributed by atoms with Crippen LogP contribution in [0.3, 0.4) is 0 Å². The summed E-state index contributed by atoms with van der Waals surface area (Å²) >= 11 is 0. The quantitative estimate of drug-likeness (QED) is 0.564. The SMILES string of the molecule is CCCN(CCCc1ccccc1C(F)(F)F)C(O)c1cn2nc(C)ccc2n1. The molecule has 1 unspecified atom stereocenters. The summed E-state index contributed by atoms with van der Waals surface area (Å²) in [5.41, 5.74) is 1.64. The number of benzene rings is 1. The molecule has 0 aliphatic heterocycles. The van der Waals surface area contributed by atoms with E-state index in [9.17, 15) is 18.3 Å². The summed E-state index contributed by atoms with van der Waals surface area (Å²) in [5.74, 6) is 0. The molecule has 1 N–H and O–H groups in total. The third-order valence-electron chi connectivity index (χ3n) is 4.81. The Hall–Kier alpha value is -2.45. The molecule has 1 aromatic carbocycles. The molecule has 0 bridgehead atoms. The summed E-state index contributed by atoms with van der Waals surface area (Å²) in [7, 11) is 0. The van der Waals surface area contributed by atoms with Gasteiger partial charge in [-0.05, 0) is 49.9 Å². The first kappa shape index (κ1) is 21.3. The Morgan fingerprint density at radius 1 is 1.14 bits per heavy atom. The highest BCUT2D eigenvalue weighted by Gasteiger charge is 2.32. The van der Waals surface area contributed by atoms with Gasteiger partial charge >= 0.3 is 6.18 Å². The number of fused-ring (bicyclic) bond motifs is 1. The minimum Gasteiger partial charge on any atom is -0.372 e. The Kier molecular flexibility index (Phi) is 6.54. The average molecular weight is 406 g/mol. The first-order valence-electron chi connectivity index (χ1n) is 9.69. The van der Waals surface area contributed by atoms with Crippen molar-refractivity contribution in [2.75, 3.05) is 13.1 Å². The molecule has 156 valence electrons. The Morgan fingerprint density at radius 2 is 1.90 bits per heavy atom. The Labute approximate surface area is 167 Å². The van der Waals surface area contributed by atoms with Crippen molar-refractivity contribution < 1.29 is 18.3 Å². The van der Waals surface area contributed by atoms with Crippen molar-refractivity contribution in [2.24, 2.45) is 0 Å². The van der Waals surface area contributed by atoms with Gasteiger partial charge < -0.3 is 5.11 Å². The predicted molar refractivity (Wildman–Crippen MR) is 104 cm³/mol. The number of aromatic nitrogens is 3. The van der Waals surface area contributed by atoms with Gasteiger partial charge in [0.25, 0.3) is 0 Å². The second-order valence-corrected chi connectivity index (χ2v) is 7.11. The third-order valence-corrected chi connectivity index (χ3v) is 4.81. The van der Waals surface area contributed by atoms with E-state index in [1.54, 1.807) is 16.8 Å². The normalized spacial score (nSPS) is 13.3. The van der Waals surface area contributed by atoms with Crippen molar-refractivity contribution >= 4 is 5.65 Å². The van der Waals surface area contributed by atoms with Gasteiger partial charge in [0.15, 0.2) is 11.9 Å². The second-order valence-electron chi connectivity index (χ2n) is 7.11. The summed E-state index contributed by atoms with van der Waals surface area (Å²) in [6.45, 7) is 4.94. The van der Waals surface area contributed by atoms with Crippen molar-refractivity contribution in [3.8, 4) is 0 Å². The van der Waals surface area contributed by atoms with E-state index < -0.39 is 18.0 Å². The predicted octanol–water partition coefficient (Wildman–Crippen LogP) is 4.39. The van der Waals surface area contributed by atoms with Gasteiger partial charge in [-0.15, -0.1) is 0 Å². The molecule has 2 aromatic heterocycles. The van der Waals surface area contributed by atoms with E-state index in [0.29, 0.717) is 30.9 Å².